The highest BCUT2D eigenvalue weighted by atomic mass is 35.5. The molecule has 1 N–H and O–H groups in total. The van der Waals surface area contributed by atoms with Gasteiger partial charge in [-0.3, -0.25) is 14.5 Å². The number of hydrogen-bond acceptors (Lipinski definition) is 5. The van der Waals surface area contributed by atoms with Gasteiger partial charge in [-0.2, -0.15) is 0 Å². The molecule has 3 atom stereocenters. The third-order valence-corrected chi connectivity index (χ3v) is 7.98. The summed E-state index contributed by atoms with van der Waals surface area (Å²) in [4.78, 5) is 41.1. The molecular weight excluding hydrogens is 572 g/mol. The monoisotopic (exact) mass is 598 g/mol. The van der Waals surface area contributed by atoms with Crippen LogP contribution in [0.15, 0.2) is 36.4 Å². The van der Waals surface area contributed by atoms with Crippen LogP contribution in [0.25, 0.3) is 0 Å². The molecule has 2 aromatic rings. The Morgan fingerprint density at radius 1 is 1.07 bits per heavy atom. The highest BCUT2D eigenvalue weighted by molar-refractivity contribution is 6.31. The maximum absolute atomic E-state index is 14.9. The zero-order valence-electron chi connectivity index (χ0n) is 21.7. The first-order chi connectivity index (χ1) is 19.4. The van der Waals surface area contributed by atoms with Crippen molar-refractivity contribution >= 4 is 35.3 Å². The summed E-state index contributed by atoms with van der Waals surface area (Å²) in [5, 5.41) is 8.89. The highest BCUT2D eigenvalue weighted by Gasteiger charge is 2.52. The number of nitrogens with zero attached hydrogens (tertiary/aromatic N) is 2. The molecule has 2 fully saturated rings. The third kappa shape index (κ3) is 6.37. The topological polar surface area (TPSA) is 96.4 Å². The number of halogens is 5. The van der Waals surface area contributed by atoms with E-state index in [1.807, 2.05) is 0 Å². The summed E-state index contributed by atoms with van der Waals surface area (Å²) >= 11 is 6.15. The summed E-state index contributed by atoms with van der Waals surface area (Å²) in [6.07, 6.45) is -2.80. The zero-order chi connectivity index (χ0) is 29.5. The Labute approximate surface area is 237 Å². The maximum Gasteiger partial charge on any atom is 0.573 e. The van der Waals surface area contributed by atoms with Crippen LogP contribution >= 0.6 is 11.6 Å². The lowest BCUT2D eigenvalue weighted by Crippen LogP contribution is -2.53. The number of carboxylic acids is 1. The van der Waals surface area contributed by atoms with Gasteiger partial charge in [-0.25, -0.2) is 9.18 Å². The van der Waals surface area contributed by atoms with E-state index in [0.29, 0.717) is 18.4 Å². The molecule has 3 unspecified atom stereocenters. The molecule has 2 aromatic carbocycles. The highest BCUT2D eigenvalue weighted by Crippen LogP contribution is 2.53. The molecule has 13 heteroatoms. The Balaban J connectivity index is 1.45. The number of fused-ring (bicyclic) bond motifs is 2. The van der Waals surface area contributed by atoms with Crippen molar-refractivity contribution < 1.29 is 46.5 Å². The van der Waals surface area contributed by atoms with Crippen LogP contribution in [0.5, 0.6) is 5.75 Å². The summed E-state index contributed by atoms with van der Waals surface area (Å²) in [6, 6.07) is 6.48. The molecule has 2 aliphatic carbocycles. The standard InChI is InChI=1S/C28H27ClF4N2O6/c29-20-13-23-19(12-21(20)30)26(34(16-7-8-16)24(36)9-10-25(37)38)18-5-2-6-22(18)35(23)27(39)40-14-15-3-1-4-17(11-15)41-28(31,32)33/h1,3-4,11-13,16,18,22,26H,2,5-10,14H2,(H,37,38). The average molecular weight is 599 g/mol. The number of carbonyl (C=O) groups is 3. The van der Waals surface area contributed by atoms with Gasteiger partial charge in [0.2, 0.25) is 5.91 Å². The van der Waals surface area contributed by atoms with Gasteiger partial charge in [0, 0.05) is 30.0 Å². The molecule has 3 aliphatic rings. The van der Waals surface area contributed by atoms with Crippen molar-refractivity contribution in [2.24, 2.45) is 5.92 Å². The number of alkyl halides is 3. The van der Waals surface area contributed by atoms with Gasteiger partial charge in [0.15, 0.2) is 0 Å². The van der Waals surface area contributed by atoms with E-state index >= 15 is 0 Å². The van der Waals surface area contributed by atoms with E-state index in [1.165, 1.54) is 29.2 Å². The van der Waals surface area contributed by atoms with Crippen LogP contribution < -0.4 is 9.64 Å². The SMILES string of the molecule is O=C(O)CCC(=O)N(C1CC1)C1c2cc(F)c(Cl)cc2N(C(=O)OCc2cccc(OC(F)(F)F)c2)C2CCCC21. The van der Waals surface area contributed by atoms with Gasteiger partial charge in [0.05, 0.1) is 23.2 Å². The molecule has 2 amide bonds. The molecule has 5 rings (SSSR count). The van der Waals surface area contributed by atoms with Crippen LogP contribution in [-0.2, 0) is 20.9 Å². The predicted octanol–water partition coefficient (Wildman–Crippen LogP) is 6.60. The van der Waals surface area contributed by atoms with Gasteiger partial charge < -0.3 is 19.5 Å². The molecule has 1 aliphatic heterocycles. The second kappa shape index (κ2) is 11.4. The van der Waals surface area contributed by atoms with Crippen molar-refractivity contribution in [3.8, 4) is 5.75 Å². The van der Waals surface area contributed by atoms with Crippen molar-refractivity contribution in [2.75, 3.05) is 4.90 Å². The fourth-order valence-electron chi connectivity index (χ4n) is 5.98. The lowest BCUT2D eigenvalue weighted by atomic mass is 9.81. The largest absolute Gasteiger partial charge is 0.573 e. The van der Waals surface area contributed by atoms with Crippen molar-refractivity contribution in [3.05, 3.63) is 58.4 Å². The third-order valence-electron chi connectivity index (χ3n) is 7.69. The normalized spacial score (nSPS) is 21.6. The fraction of sp³-hybridized carbons (Fsp3) is 0.464. The molecule has 0 aromatic heterocycles. The fourth-order valence-corrected chi connectivity index (χ4v) is 6.14. The van der Waals surface area contributed by atoms with Crippen molar-refractivity contribution in [2.45, 2.75) is 76.0 Å². The number of aliphatic carboxylic acids is 1. The molecule has 8 nitrogen and oxygen atoms in total. The van der Waals surface area contributed by atoms with Gasteiger partial charge in [-0.15, -0.1) is 13.2 Å². The number of ether oxygens (including phenoxy) is 2. The Bertz CT molecular complexity index is 1350. The Kier molecular flexibility index (Phi) is 8.04. The van der Waals surface area contributed by atoms with Crippen LogP contribution in [0, 0.1) is 11.7 Å². The van der Waals surface area contributed by atoms with Crippen LogP contribution in [0.1, 0.15) is 62.1 Å². The molecule has 1 heterocycles. The van der Waals surface area contributed by atoms with Crippen molar-refractivity contribution in [1.82, 2.24) is 4.90 Å². The molecule has 0 saturated heterocycles. The van der Waals surface area contributed by atoms with Gasteiger partial charge in [-0.1, -0.05) is 30.2 Å². The van der Waals surface area contributed by atoms with Crippen LogP contribution in [-0.4, -0.2) is 46.4 Å². The molecule has 0 bridgehead atoms. The first kappa shape index (κ1) is 29.0. The van der Waals surface area contributed by atoms with E-state index in [9.17, 15) is 31.9 Å². The van der Waals surface area contributed by atoms with E-state index in [4.69, 9.17) is 21.4 Å². The number of carbonyl (C=O) groups excluding carboxylic acids is 2. The second-order valence-corrected chi connectivity index (χ2v) is 10.9. The Morgan fingerprint density at radius 3 is 2.51 bits per heavy atom. The number of amides is 2. The Morgan fingerprint density at radius 2 is 1.83 bits per heavy atom. The molecule has 41 heavy (non-hydrogen) atoms. The van der Waals surface area contributed by atoms with E-state index in [1.54, 1.807) is 4.90 Å². The lowest BCUT2D eigenvalue weighted by Gasteiger charge is -2.47. The quantitative estimate of drug-likeness (QED) is 0.344. The summed E-state index contributed by atoms with van der Waals surface area (Å²) in [6.45, 7) is -0.350. The molecule has 0 spiro atoms. The Hall–Kier alpha value is -3.54. The smallest absolute Gasteiger partial charge is 0.481 e. The minimum atomic E-state index is -4.88. The van der Waals surface area contributed by atoms with Crippen molar-refractivity contribution in [1.29, 1.82) is 0 Å². The van der Waals surface area contributed by atoms with E-state index in [2.05, 4.69) is 4.74 Å². The van der Waals surface area contributed by atoms with Crippen LogP contribution in [0.4, 0.5) is 28.0 Å². The first-order valence-corrected chi connectivity index (χ1v) is 13.6. The number of hydrogen-bond donors (Lipinski definition) is 1. The second-order valence-electron chi connectivity index (χ2n) is 10.5. The van der Waals surface area contributed by atoms with E-state index < -0.39 is 42.1 Å². The first-order valence-electron chi connectivity index (χ1n) is 13.3. The van der Waals surface area contributed by atoms with Gasteiger partial charge >= 0.3 is 18.4 Å². The predicted molar refractivity (Wildman–Crippen MR) is 138 cm³/mol. The van der Waals surface area contributed by atoms with Gasteiger partial charge in [0.25, 0.3) is 0 Å². The number of carboxylic acid groups (broad SMARTS) is 1. The molecule has 220 valence electrons. The van der Waals surface area contributed by atoms with Crippen molar-refractivity contribution in [3.63, 3.8) is 0 Å². The maximum atomic E-state index is 14.9. The number of rotatable bonds is 8. The number of benzene rings is 2. The molecule has 0 radical (unpaired) electrons. The zero-order valence-corrected chi connectivity index (χ0v) is 22.5. The van der Waals surface area contributed by atoms with Crippen LogP contribution in [0.2, 0.25) is 5.02 Å². The summed E-state index contributed by atoms with van der Waals surface area (Å²) in [7, 11) is 0. The minimum absolute atomic E-state index is 0.112. The molecular formula is C28H27ClF4N2O6. The summed E-state index contributed by atoms with van der Waals surface area (Å²) in [5.41, 5.74) is 0.919. The average Bonchev–Trinajstić information content (AvgIpc) is 3.61. The van der Waals surface area contributed by atoms with E-state index in [-0.39, 0.29) is 53.6 Å². The molecule has 2 saturated carbocycles. The summed E-state index contributed by atoms with van der Waals surface area (Å²) < 4.78 is 62.2. The number of anilines is 1. The van der Waals surface area contributed by atoms with Crippen LogP contribution in [0.3, 0.4) is 0 Å². The lowest BCUT2D eigenvalue weighted by molar-refractivity contribution is -0.274. The summed E-state index contributed by atoms with van der Waals surface area (Å²) in [5.74, 6) is -2.89. The van der Waals surface area contributed by atoms with Gasteiger partial charge in [-0.05, 0) is 55.5 Å². The minimum Gasteiger partial charge on any atom is -0.481 e. The van der Waals surface area contributed by atoms with E-state index in [0.717, 1.165) is 31.4 Å². The van der Waals surface area contributed by atoms with Gasteiger partial charge in [0.1, 0.15) is 18.2 Å².